The highest BCUT2D eigenvalue weighted by Gasteiger charge is 1.85. The molecule has 0 aliphatic rings. The van der Waals surface area contributed by atoms with Crippen LogP contribution >= 0.6 is 0 Å². The summed E-state index contributed by atoms with van der Waals surface area (Å²) in [6.07, 6.45) is 7.69. The van der Waals surface area contributed by atoms with E-state index in [1.54, 1.807) is 0 Å². The Bertz CT molecular complexity index is 123. The molecule has 0 aromatic carbocycles. The minimum Gasteiger partial charge on any atom is -0.296 e. The molecule has 1 heteroatoms. The van der Waals surface area contributed by atoms with E-state index in [4.69, 9.17) is 0 Å². The van der Waals surface area contributed by atoms with Gasteiger partial charge in [0.2, 0.25) is 0 Å². The minimum atomic E-state index is 1.09. The first kappa shape index (κ1) is 9.41. The van der Waals surface area contributed by atoms with Gasteiger partial charge >= 0.3 is 0 Å². The Morgan fingerprint density at radius 2 is 2.10 bits per heavy atom. The molecule has 0 atom stereocenters. The van der Waals surface area contributed by atoms with Gasteiger partial charge in [-0.1, -0.05) is 26.3 Å². The number of allylic oxidation sites excluding steroid dienone is 2. The van der Waals surface area contributed by atoms with Crippen LogP contribution in [0.15, 0.2) is 16.6 Å². The van der Waals surface area contributed by atoms with Crippen molar-refractivity contribution in [3.05, 3.63) is 11.6 Å². The molecule has 0 aliphatic heterocycles. The zero-order valence-electron chi connectivity index (χ0n) is 7.22. The molecule has 0 unspecified atom stereocenters. The number of rotatable bonds is 4. The van der Waals surface area contributed by atoms with Crippen LogP contribution in [0.1, 0.15) is 33.1 Å². The summed E-state index contributed by atoms with van der Waals surface area (Å²) in [4.78, 5) is 3.97. The van der Waals surface area contributed by atoms with E-state index in [9.17, 15) is 0 Å². The first-order chi connectivity index (χ1) is 4.85. The minimum absolute atomic E-state index is 1.09. The van der Waals surface area contributed by atoms with Gasteiger partial charge in [-0.15, -0.1) is 0 Å². The number of unbranched alkanes of at least 4 members (excludes halogenated alkanes) is 1. The van der Waals surface area contributed by atoms with Crippen LogP contribution < -0.4 is 0 Å². The molecule has 0 spiro atoms. The standard InChI is InChI=1S/C9H17N/c1-4-6-7-9(5-2)8-10-3/h7-8H,4-6H2,1-3H3. The van der Waals surface area contributed by atoms with Crippen molar-refractivity contribution in [1.29, 1.82) is 0 Å². The van der Waals surface area contributed by atoms with Crippen LogP contribution in [0.5, 0.6) is 0 Å². The number of aliphatic imine (C=N–C) groups is 1. The molecule has 0 aromatic rings. The molecule has 0 bridgehead atoms. The van der Waals surface area contributed by atoms with Crippen molar-refractivity contribution in [2.75, 3.05) is 7.05 Å². The second-order valence-corrected chi connectivity index (χ2v) is 2.31. The highest BCUT2D eigenvalue weighted by Crippen LogP contribution is 2.00. The van der Waals surface area contributed by atoms with Crippen molar-refractivity contribution < 1.29 is 0 Å². The maximum Gasteiger partial charge on any atom is 0.0277 e. The summed E-state index contributed by atoms with van der Waals surface area (Å²) in [5.41, 5.74) is 1.35. The first-order valence-corrected chi connectivity index (χ1v) is 3.96. The molecule has 58 valence electrons. The van der Waals surface area contributed by atoms with Crippen LogP contribution in [-0.4, -0.2) is 13.3 Å². The molecule has 10 heavy (non-hydrogen) atoms. The third kappa shape index (κ3) is 4.30. The lowest BCUT2D eigenvalue weighted by Gasteiger charge is -1.93. The van der Waals surface area contributed by atoms with Crippen molar-refractivity contribution in [2.45, 2.75) is 33.1 Å². The fourth-order valence-corrected chi connectivity index (χ4v) is 0.784. The summed E-state index contributed by atoms with van der Waals surface area (Å²) >= 11 is 0. The van der Waals surface area contributed by atoms with Gasteiger partial charge in [0.1, 0.15) is 0 Å². The van der Waals surface area contributed by atoms with E-state index in [1.165, 1.54) is 18.4 Å². The Balaban J connectivity index is 3.78. The van der Waals surface area contributed by atoms with Crippen LogP contribution in [0.3, 0.4) is 0 Å². The highest BCUT2D eigenvalue weighted by molar-refractivity contribution is 5.78. The van der Waals surface area contributed by atoms with E-state index >= 15 is 0 Å². The largest absolute Gasteiger partial charge is 0.296 e. The Labute approximate surface area is 63.9 Å². The fourth-order valence-electron chi connectivity index (χ4n) is 0.784. The number of hydrogen-bond acceptors (Lipinski definition) is 1. The van der Waals surface area contributed by atoms with Gasteiger partial charge in [-0.25, -0.2) is 0 Å². The molecule has 0 radical (unpaired) electrons. The SMILES string of the molecule is CCCC=C(C=NC)CC. The molecule has 0 amide bonds. The van der Waals surface area contributed by atoms with Crippen LogP contribution in [0, 0.1) is 0 Å². The molecule has 0 aromatic heterocycles. The van der Waals surface area contributed by atoms with Crippen molar-refractivity contribution in [3.63, 3.8) is 0 Å². The van der Waals surface area contributed by atoms with Crippen LogP contribution in [0.4, 0.5) is 0 Å². The molecule has 0 aliphatic carbocycles. The van der Waals surface area contributed by atoms with Crippen LogP contribution in [-0.2, 0) is 0 Å². The van der Waals surface area contributed by atoms with Crippen molar-refractivity contribution >= 4 is 6.21 Å². The maximum absolute atomic E-state index is 3.97. The summed E-state index contributed by atoms with van der Waals surface area (Å²) in [6, 6.07) is 0. The summed E-state index contributed by atoms with van der Waals surface area (Å²) in [5.74, 6) is 0. The van der Waals surface area contributed by atoms with E-state index in [1.807, 2.05) is 13.3 Å². The second kappa shape index (κ2) is 6.53. The van der Waals surface area contributed by atoms with E-state index in [2.05, 4.69) is 24.9 Å². The zero-order valence-corrected chi connectivity index (χ0v) is 7.22. The van der Waals surface area contributed by atoms with E-state index in [-0.39, 0.29) is 0 Å². The third-order valence-electron chi connectivity index (χ3n) is 1.40. The summed E-state index contributed by atoms with van der Waals surface area (Å²) in [6.45, 7) is 4.34. The van der Waals surface area contributed by atoms with E-state index in [0.717, 1.165) is 6.42 Å². The molecule has 0 rings (SSSR count). The lowest BCUT2D eigenvalue weighted by Crippen LogP contribution is -1.81. The zero-order chi connectivity index (χ0) is 7.82. The third-order valence-corrected chi connectivity index (χ3v) is 1.40. The molecule has 0 heterocycles. The predicted molar refractivity (Wildman–Crippen MR) is 47.7 cm³/mol. The first-order valence-electron chi connectivity index (χ1n) is 3.96. The number of hydrogen-bond donors (Lipinski definition) is 0. The summed E-state index contributed by atoms with van der Waals surface area (Å²) < 4.78 is 0. The molecule has 0 saturated carbocycles. The van der Waals surface area contributed by atoms with Crippen LogP contribution in [0.25, 0.3) is 0 Å². The summed E-state index contributed by atoms with van der Waals surface area (Å²) in [7, 11) is 1.81. The van der Waals surface area contributed by atoms with Gasteiger partial charge in [0.15, 0.2) is 0 Å². The highest BCUT2D eigenvalue weighted by atomic mass is 14.6. The quantitative estimate of drug-likeness (QED) is 0.531. The van der Waals surface area contributed by atoms with Crippen molar-refractivity contribution in [1.82, 2.24) is 0 Å². The average molecular weight is 139 g/mol. The van der Waals surface area contributed by atoms with Gasteiger partial charge in [0.25, 0.3) is 0 Å². The van der Waals surface area contributed by atoms with Gasteiger partial charge < -0.3 is 0 Å². The van der Waals surface area contributed by atoms with Gasteiger partial charge in [0.05, 0.1) is 0 Å². The normalized spacial score (nSPS) is 12.9. The lowest BCUT2D eigenvalue weighted by molar-refractivity contribution is 0.946. The van der Waals surface area contributed by atoms with Gasteiger partial charge in [-0.2, -0.15) is 0 Å². The van der Waals surface area contributed by atoms with Gasteiger partial charge in [-0.3, -0.25) is 4.99 Å². The Hall–Kier alpha value is -0.590. The Kier molecular flexibility index (Phi) is 6.14. The number of nitrogens with zero attached hydrogens (tertiary/aromatic N) is 1. The predicted octanol–water partition coefficient (Wildman–Crippen LogP) is 2.82. The van der Waals surface area contributed by atoms with Crippen molar-refractivity contribution in [2.24, 2.45) is 4.99 Å². The Morgan fingerprint density at radius 1 is 1.40 bits per heavy atom. The van der Waals surface area contributed by atoms with Gasteiger partial charge in [-0.05, 0) is 18.4 Å². The molecular weight excluding hydrogens is 122 g/mol. The second-order valence-electron chi connectivity index (χ2n) is 2.31. The monoisotopic (exact) mass is 139 g/mol. The topological polar surface area (TPSA) is 12.4 Å². The molecule has 0 fully saturated rings. The van der Waals surface area contributed by atoms with Gasteiger partial charge in [0, 0.05) is 13.3 Å². The average Bonchev–Trinajstić information content (AvgIpc) is 1.98. The van der Waals surface area contributed by atoms with E-state index < -0.39 is 0 Å². The lowest BCUT2D eigenvalue weighted by atomic mass is 10.2. The smallest absolute Gasteiger partial charge is 0.0277 e. The molecular formula is C9H17N. The molecule has 0 N–H and O–H groups in total. The van der Waals surface area contributed by atoms with Crippen molar-refractivity contribution in [3.8, 4) is 0 Å². The molecule has 0 saturated heterocycles. The fraction of sp³-hybridized carbons (Fsp3) is 0.667. The molecule has 1 nitrogen and oxygen atoms in total. The van der Waals surface area contributed by atoms with E-state index in [0.29, 0.717) is 0 Å². The maximum atomic E-state index is 3.97. The summed E-state index contributed by atoms with van der Waals surface area (Å²) in [5, 5.41) is 0. The Morgan fingerprint density at radius 3 is 2.50 bits per heavy atom. The van der Waals surface area contributed by atoms with Crippen LogP contribution in [0.2, 0.25) is 0 Å².